The van der Waals surface area contributed by atoms with E-state index in [0.29, 0.717) is 0 Å². The van der Waals surface area contributed by atoms with Gasteiger partial charge in [0.15, 0.2) is 5.69 Å². The number of benzene rings is 1. The molecule has 9 nitrogen and oxygen atoms in total. The Bertz CT molecular complexity index is 2850. The number of thiazole rings is 3. The predicted molar refractivity (Wildman–Crippen MR) is 173 cm³/mol. The van der Waals surface area contributed by atoms with E-state index in [-0.39, 0.29) is 34.0 Å². The molecule has 0 radical (unpaired) electrons. The van der Waals surface area contributed by atoms with E-state index >= 15 is 26.3 Å². The summed E-state index contributed by atoms with van der Waals surface area (Å²) in [5, 5.41) is 14.7. The first-order valence-electron chi connectivity index (χ1n) is 13.8. The van der Waals surface area contributed by atoms with Gasteiger partial charge in [-0.25, -0.2) is 45.0 Å². The highest BCUT2D eigenvalue weighted by atomic mass is 32.1. The summed E-state index contributed by atoms with van der Waals surface area (Å²) < 4.78 is 143. The summed E-state index contributed by atoms with van der Waals surface area (Å²) in [5.41, 5.74) is -8.56. The van der Waals surface area contributed by atoms with Crippen LogP contribution in [0, 0.1) is 69.1 Å². The molecule has 0 unspecified atom stereocenters. The van der Waals surface area contributed by atoms with Gasteiger partial charge in [-0.05, 0) is 0 Å². The number of allylic oxidation sites excluding steroid dienone is 5. The largest absolute Gasteiger partial charge is 0.358 e. The van der Waals surface area contributed by atoms with E-state index in [2.05, 4.69) is 29.5 Å². The van der Waals surface area contributed by atoms with Crippen molar-refractivity contribution < 1.29 is 39.5 Å². The maximum absolute atomic E-state index is 16.7. The molecule has 0 amide bonds. The number of nitrogens with zero attached hydrogens (tertiary/aromatic N) is 9. The number of aromatic nitrogens is 3. The van der Waals surface area contributed by atoms with Gasteiger partial charge in [-0.15, -0.1) is 9.97 Å². The van der Waals surface area contributed by atoms with Crippen LogP contribution in [-0.2, 0) is 0 Å². The lowest BCUT2D eigenvalue weighted by Crippen LogP contribution is -2.64. The number of rotatable bonds is 3. The zero-order valence-electron chi connectivity index (χ0n) is 25.2. The third kappa shape index (κ3) is 4.61. The highest BCUT2D eigenvalue weighted by Crippen LogP contribution is 2.40. The number of nitriles is 3. The van der Waals surface area contributed by atoms with Crippen LogP contribution < -0.4 is 31.3 Å². The van der Waals surface area contributed by atoms with E-state index in [0.717, 1.165) is 0 Å². The second-order valence-electron chi connectivity index (χ2n) is 10.4. The Balaban J connectivity index is 1.79. The summed E-state index contributed by atoms with van der Waals surface area (Å²) in [4.78, 5) is 19.1. The molecule has 0 spiro atoms. The molecule has 3 heterocycles. The van der Waals surface area contributed by atoms with Crippen molar-refractivity contribution in [2.24, 2.45) is 0 Å². The molecule has 21 heteroatoms. The SMILES string of the molecule is [C-]#[N+]C(=C1C(F)=c2c(c3c(c4c2=C(F)/C(=C(/C#N)c2nc([N+]#[C-])c(F)s2)C=4F)=C(F)/C(=C(/C#N)c2nc([N+]#[C-])c(F)s2)C=3F)=C1F)c1nc(C#N)c(F)s1. The molecule has 0 N–H and O–H groups in total. The van der Waals surface area contributed by atoms with E-state index in [1.54, 1.807) is 0 Å². The van der Waals surface area contributed by atoms with Gasteiger partial charge >= 0.3 is 11.6 Å². The maximum atomic E-state index is 16.7. The average molecular weight is 790 g/mol. The van der Waals surface area contributed by atoms with Crippen molar-refractivity contribution in [2.45, 2.75) is 0 Å². The number of fused-ring (bicyclic) bond motifs is 6. The Morgan fingerprint density at radius 1 is 0.500 bits per heavy atom. The molecule has 0 saturated heterocycles. The second-order valence-corrected chi connectivity index (χ2v) is 13.3. The Morgan fingerprint density at radius 3 is 1.13 bits per heavy atom. The molecule has 3 aliphatic carbocycles. The molecule has 0 aliphatic heterocycles. The molecule has 4 aromatic rings. The van der Waals surface area contributed by atoms with Gasteiger partial charge in [-0.1, -0.05) is 47.2 Å². The van der Waals surface area contributed by atoms with E-state index in [9.17, 15) is 23.7 Å². The van der Waals surface area contributed by atoms with Crippen molar-refractivity contribution >= 4 is 97.5 Å². The Kier molecular flexibility index (Phi) is 8.18. The van der Waals surface area contributed by atoms with Crippen LogP contribution in [0.25, 0.3) is 66.3 Å². The molecule has 3 aromatic heterocycles. The topological polar surface area (TPSA) is 123 Å². The fourth-order valence-corrected chi connectivity index (χ4v) is 8.00. The van der Waals surface area contributed by atoms with Gasteiger partial charge in [0.2, 0.25) is 31.1 Å². The summed E-state index contributed by atoms with van der Waals surface area (Å²) in [7, 11) is 0. The van der Waals surface area contributed by atoms with Crippen molar-refractivity contribution in [3.63, 3.8) is 0 Å². The van der Waals surface area contributed by atoms with E-state index in [1.807, 2.05) is 0 Å². The van der Waals surface area contributed by atoms with Crippen molar-refractivity contribution in [3.8, 4) is 18.2 Å². The van der Waals surface area contributed by atoms with Gasteiger partial charge < -0.3 is 9.69 Å². The second kappa shape index (κ2) is 12.5. The van der Waals surface area contributed by atoms with Crippen LogP contribution in [0.5, 0.6) is 0 Å². The normalized spacial score (nSPS) is 16.9. The van der Waals surface area contributed by atoms with Crippen molar-refractivity contribution in [1.29, 1.82) is 15.8 Å². The van der Waals surface area contributed by atoms with Crippen LogP contribution in [0.1, 0.15) is 20.7 Å². The van der Waals surface area contributed by atoms with E-state index < -0.39 is 148 Å². The summed E-state index contributed by atoms with van der Waals surface area (Å²) in [6.45, 7) is 21.7. The quantitative estimate of drug-likeness (QED) is 0.159. The zero-order valence-corrected chi connectivity index (χ0v) is 27.6. The molecule has 0 fully saturated rings. The van der Waals surface area contributed by atoms with E-state index in [4.69, 9.17) is 25.0 Å². The molecule has 3 aliphatic rings. The summed E-state index contributed by atoms with van der Waals surface area (Å²) in [6.07, 6.45) is 0. The van der Waals surface area contributed by atoms with Gasteiger partial charge in [0.25, 0.3) is 0 Å². The highest BCUT2D eigenvalue weighted by molar-refractivity contribution is 7.12. The lowest BCUT2D eigenvalue weighted by molar-refractivity contribution is 0.649. The summed E-state index contributed by atoms with van der Waals surface area (Å²) in [5.74, 6) is -13.4. The fraction of sp³-hybridized carbons (Fsp3) is 0. The molecule has 0 atom stereocenters. The molecular formula is C33F9N9S3. The smallest absolute Gasteiger partial charge is 0.317 e. The number of hydrogen-bond donors (Lipinski definition) is 0. The van der Waals surface area contributed by atoms with Gasteiger partial charge in [-0.2, -0.15) is 20.2 Å². The van der Waals surface area contributed by atoms with Gasteiger partial charge in [0, 0.05) is 31.3 Å². The lowest BCUT2D eigenvalue weighted by Gasteiger charge is -2.01. The summed E-state index contributed by atoms with van der Waals surface area (Å²) in [6, 6.07) is 4.11. The lowest BCUT2D eigenvalue weighted by atomic mass is 10.1. The van der Waals surface area contributed by atoms with Gasteiger partial charge in [-0.3, -0.25) is 0 Å². The first-order valence-corrected chi connectivity index (χ1v) is 16.2. The first kappa shape index (κ1) is 35.3. The van der Waals surface area contributed by atoms with Crippen LogP contribution in [0.3, 0.4) is 0 Å². The maximum Gasteiger partial charge on any atom is 0.317 e. The first-order chi connectivity index (χ1) is 25.8. The average Bonchev–Trinajstić information content (AvgIpc) is 3.98. The van der Waals surface area contributed by atoms with Gasteiger partial charge in [0.1, 0.15) is 69.3 Å². The molecular weight excluding hydrogens is 790 g/mol. The fourth-order valence-electron chi connectivity index (χ4n) is 5.80. The Hall–Kier alpha value is -7.14. The molecule has 7 rings (SSSR count). The van der Waals surface area contributed by atoms with Crippen LogP contribution in [-0.4, -0.2) is 15.0 Å². The van der Waals surface area contributed by atoms with E-state index in [1.165, 1.54) is 18.2 Å². The zero-order chi connectivity index (χ0) is 39.1. The van der Waals surface area contributed by atoms with Crippen LogP contribution in [0.2, 0.25) is 0 Å². The minimum absolute atomic E-state index is 0.00588. The third-order valence-electron chi connectivity index (χ3n) is 7.88. The van der Waals surface area contributed by atoms with Crippen molar-refractivity contribution in [3.05, 3.63) is 118 Å². The summed E-state index contributed by atoms with van der Waals surface area (Å²) >= 11 is -0.0186. The third-order valence-corrected chi connectivity index (χ3v) is 10.4. The van der Waals surface area contributed by atoms with Crippen molar-refractivity contribution in [1.82, 2.24) is 15.0 Å². The molecule has 54 heavy (non-hydrogen) atoms. The van der Waals surface area contributed by atoms with Crippen LogP contribution in [0.15, 0.2) is 16.7 Å². The highest BCUT2D eigenvalue weighted by Gasteiger charge is 2.39. The molecule has 0 bridgehead atoms. The van der Waals surface area contributed by atoms with Gasteiger partial charge in [0.05, 0.1) is 23.3 Å². The van der Waals surface area contributed by atoms with Crippen LogP contribution in [0.4, 0.5) is 51.1 Å². The Morgan fingerprint density at radius 2 is 0.852 bits per heavy atom. The van der Waals surface area contributed by atoms with Crippen LogP contribution >= 0.6 is 34.0 Å². The monoisotopic (exact) mass is 789 g/mol. The standard InChI is InChI=1S/C33F9N9S3/c1-46-25(33-49-9(6-45)26(40)52-33)18-23(38)16-14-12(19(34)10(21(14)36)7(4-43)31-50-29(47-2)27(41)53-31)13-15(17(16)24(18)39)22(37)11(20(13)35)8(5-44)32-51-30(48-3)28(42)54-32/b10-7-,11-8+,25-18?. The number of halogens is 9. The Labute approximate surface area is 303 Å². The van der Waals surface area contributed by atoms with Crippen molar-refractivity contribution in [2.75, 3.05) is 0 Å². The molecule has 258 valence electrons. The minimum atomic E-state index is -1.92. The minimum Gasteiger partial charge on any atom is -0.358 e. The number of hydrogen-bond acceptors (Lipinski definition) is 9. The molecule has 1 aromatic carbocycles. The molecule has 0 saturated carbocycles. The predicted octanol–water partition coefficient (Wildman–Crippen LogP) is 5.24.